The van der Waals surface area contributed by atoms with Crippen molar-refractivity contribution in [2.45, 2.75) is 20.3 Å². The summed E-state index contributed by atoms with van der Waals surface area (Å²) < 4.78 is 0. The SMILES string of the molecule is CCC(C)CNC(=O)c1ccc([N+](=O)[O-])cc1. The molecule has 92 valence electrons. The highest BCUT2D eigenvalue weighted by Crippen LogP contribution is 2.11. The largest absolute Gasteiger partial charge is 0.352 e. The summed E-state index contributed by atoms with van der Waals surface area (Å²) in [6, 6.07) is 5.59. The van der Waals surface area contributed by atoms with Crippen LogP contribution in [-0.2, 0) is 0 Å². The maximum Gasteiger partial charge on any atom is 0.269 e. The maximum absolute atomic E-state index is 11.7. The van der Waals surface area contributed by atoms with Crippen LogP contribution in [0.3, 0.4) is 0 Å². The molecule has 1 aromatic rings. The minimum Gasteiger partial charge on any atom is -0.352 e. The van der Waals surface area contributed by atoms with Crippen molar-refractivity contribution in [1.82, 2.24) is 5.32 Å². The van der Waals surface area contributed by atoms with E-state index in [4.69, 9.17) is 0 Å². The van der Waals surface area contributed by atoms with Gasteiger partial charge in [-0.2, -0.15) is 0 Å². The highest BCUT2D eigenvalue weighted by atomic mass is 16.6. The summed E-state index contributed by atoms with van der Waals surface area (Å²) in [6.45, 7) is 4.73. The lowest BCUT2D eigenvalue weighted by molar-refractivity contribution is -0.384. The van der Waals surface area contributed by atoms with Gasteiger partial charge in [0.25, 0.3) is 11.6 Å². The van der Waals surface area contributed by atoms with Gasteiger partial charge in [-0.15, -0.1) is 0 Å². The molecule has 0 saturated heterocycles. The van der Waals surface area contributed by atoms with Crippen molar-refractivity contribution in [2.24, 2.45) is 5.92 Å². The topological polar surface area (TPSA) is 72.2 Å². The number of non-ortho nitro benzene ring substituents is 1. The Bertz CT molecular complexity index is 401. The Morgan fingerprint density at radius 2 is 2.00 bits per heavy atom. The number of rotatable bonds is 5. The third kappa shape index (κ3) is 3.86. The van der Waals surface area contributed by atoms with Crippen LogP contribution in [0.2, 0.25) is 0 Å². The number of nitro groups is 1. The van der Waals surface area contributed by atoms with Crippen LogP contribution in [0.1, 0.15) is 30.6 Å². The molecule has 5 heteroatoms. The molecule has 1 N–H and O–H groups in total. The fraction of sp³-hybridized carbons (Fsp3) is 0.417. The molecule has 0 aliphatic rings. The van der Waals surface area contributed by atoms with Crippen LogP contribution in [0.15, 0.2) is 24.3 Å². The Labute approximate surface area is 100.0 Å². The molecule has 5 nitrogen and oxygen atoms in total. The summed E-state index contributed by atoms with van der Waals surface area (Å²) >= 11 is 0. The lowest BCUT2D eigenvalue weighted by Gasteiger charge is -2.09. The minimum atomic E-state index is -0.485. The molecule has 0 aliphatic heterocycles. The Kier molecular flexibility index (Phi) is 4.63. The van der Waals surface area contributed by atoms with Crippen LogP contribution in [-0.4, -0.2) is 17.4 Å². The lowest BCUT2D eigenvalue weighted by Crippen LogP contribution is -2.27. The van der Waals surface area contributed by atoms with Crippen LogP contribution in [0, 0.1) is 16.0 Å². The molecule has 0 saturated carbocycles. The van der Waals surface area contributed by atoms with Crippen molar-refractivity contribution in [3.63, 3.8) is 0 Å². The van der Waals surface area contributed by atoms with Gasteiger partial charge in [-0.05, 0) is 18.1 Å². The second kappa shape index (κ2) is 5.98. The molecule has 17 heavy (non-hydrogen) atoms. The molecule has 0 fully saturated rings. The maximum atomic E-state index is 11.7. The number of nitro benzene ring substituents is 1. The van der Waals surface area contributed by atoms with Gasteiger partial charge in [-0.3, -0.25) is 14.9 Å². The molecule has 1 unspecified atom stereocenters. The second-order valence-electron chi connectivity index (χ2n) is 4.03. The standard InChI is InChI=1S/C12H16N2O3/c1-3-9(2)8-13-12(15)10-4-6-11(7-5-10)14(16)17/h4-7,9H,3,8H2,1-2H3,(H,13,15). The van der Waals surface area contributed by atoms with Crippen LogP contribution in [0.5, 0.6) is 0 Å². The first-order valence-corrected chi connectivity index (χ1v) is 5.57. The van der Waals surface area contributed by atoms with E-state index in [-0.39, 0.29) is 11.6 Å². The van der Waals surface area contributed by atoms with Crippen LogP contribution >= 0.6 is 0 Å². The van der Waals surface area contributed by atoms with E-state index in [1.165, 1.54) is 24.3 Å². The third-order valence-corrected chi connectivity index (χ3v) is 2.65. The van der Waals surface area contributed by atoms with Gasteiger partial charge in [0, 0.05) is 24.2 Å². The van der Waals surface area contributed by atoms with E-state index in [0.717, 1.165) is 6.42 Å². The number of carbonyl (C=O) groups excluding carboxylic acids is 1. The summed E-state index contributed by atoms with van der Waals surface area (Å²) in [5.41, 5.74) is 0.433. The average Bonchev–Trinajstić information content (AvgIpc) is 2.35. The monoisotopic (exact) mass is 236 g/mol. The highest BCUT2D eigenvalue weighted by molar-refractivity contribution is 5.94. The van der Waals surface area contributed by atoms with Crippen molar-refractivity contribution in [3.8, 4) is 0 Å². The van der Waals surface area contributed by atoms with E-state index in [1.54, 1.807) is 0 Å². The number of amides is 1. The van der Waals surface area contributed by atoms with E-state index in [1.807, 2.05) is 0 Å². The van der Waals surface area contributed by atoms with Crippen molar-refractivity contribution in [3.05, 3.63) is 39.9 Å². The zero-order valence-electron chi connectivity index (χ0n) is 9.97. The molecule has 0 radical (unpaired) electrons. The number of nitrogens with zero attached hydrogens (tertiary/aromatic N) is 1. The van der Waals surface area contributed by atoms with Gasteiger partial charge >= 0.3 is 0 Å². The van der Waals surface area contributed by atoms with Gasteiger partial charge in [0.1, 0.15) is 0 Å². The lowest BCUT2D eigenvalue weighted by atomic mass is 10.1. The van der Waals surface area contributed by atoms with E-state index in [0.29, 0.717) is 18.0 Å². The van der Waals surface area contributed by atoms with Crippen molar-refractivity contribution in [2.75, 3.05) is 6.54 Å². The van der Waals surface area contributed by atoms with Crippen LogP contribution < -0.4 is 5.32 Å². The zero-order chi connectivity index (χ0) is 12.8. The second-order valence-corrected chi connectivity index (χ2v) is 4.03. The van der Waals surface area contributed by atoms with Crippen LogP contribution in [0.4, 0.5) is 5.69 Å². The van der Waals surface area contributed by atoms with Gasteiger partial charge in [0.15, 0.2) is 0 Å². The molecule has 0 heterocycles. The number of nitrogens with one attached hydrogen (secondary N) is 1. The summed E-state index contributed by atoms with van der Waals surface area (Å²) in [4.78, 5) is 21.6. The van der Waals surface area contributed by atoms with Gasteiger partial charge < -0.3 is 5.32 Å². The minimum absolute atomic E-state index is 0.0107. The molecule has 0 aliphatic carbocycles. The fourth-order valence-electron chi connectivity index (χ4n) is 1.25. The third-order valence-electron chi connectivity index (χ3n) is 2.65. The van der Waals surface area contributed by atoms with E-state index in [9.17, 15) is 14.9 Å². The molecule has 0 aromatic heterocycles. The summed E-state index contributed by atoms with van der Waals surface area (Å²) in [5, 5.41) is 13.2. The summed E-state index contributed by atoms with van der Waals surface area (Å²) in [5.74, 6) is 0.234. The van der Waals surface area contributed by atoms with Crippen LogP contribution in [0.25, 0.3) is 0 Å². The predicted molar refractivity (Wildman–Crippen MR) is 64.9 cm³/mol. The Morgan fingerprint density at radius 3 is 2.47 bits per heavy atom. The van der Waals surface area contributed by atoms with Crippen molar-refractivity contribution >= 4 is 11.6 Å². The number of benzene rings is 1. The van der Waals surface area contributed by atoms with E-state index < -0.39 is 4.92 Å². The molecule has 0 bridgehead atoms. The first kappa shape index (κ1) is 13.2. The number of hydrogen-bond acceptors (Lipinski definition) is 3. The Hall–Kier alpha value is -1.91. The zero-order valence-corrected chi connectivity index (χ0v) is 9.97. The molecular weight excluding hydrogens is 220 g/mol. The van der Waals surface area contributed by atoms with Crippen molar-refractivity contribution < 1.29 is 9.72 Å². The van der Waals surface area contributed by atoms with E-state index >= 15 is 0 Å². The Balaban J connectivity index is 2.61. The molecule has 0 spiro atoms. The predicted octanol–water partition coefficient (Wildman–Crippen LogP) is 2.37. The first-order chi connectivity index (χ1) is 8.04. The average molecular weight is 236 g/mol. The first-order valence-electron chi connectivity index (χ1n) is 5.57. The summed E-state index contributed by atoms with van der Waals surface area (Å²) in [7, 11) is 0. The van der Waals surface area contributed by atoms with Gasteiger partial charge in [-0.1, -0.05) is 20.3 Å². The number of carbonyl (C=O) groups is 1. The van der Waals surface area contributed by atoms with E-state index in [2.05, 4.69) is 19.2 Å². The van der Waals surface area contributed by atoms with Gasteiger partial charge in [0.05, 0.1) is 4.92 Å². The molecule has 1 aromatic carbocycles. The molecule has 1 amide bonds. The van der Waals surface area contributed by atoms with Gasteiger partial charge in [-0.25, -0.2) is 0 Å². The number of hydrogen-bond donors (Lipinski definition) is 1. The Morgan fingerprint density at radius 1 is 1.41 bits per heavy atom. The quantitative estimate of drug-likeness (QED) is 0.630. The normalized spacial score (nSPS) is 11.9. The summed E-state index contributed by atoms with van der Waals surface area (Å²) in [6.07, 6.45) is 1.00. The highest BCUT2D eigenvalue weighted by Gasteiger charge is 2.09. The molecular formula is C12H16N2O3. The van der Waals surface area contributed by atoms with Gasteiger partial charge in [0.2, 0.25) is 0 Å². The van der Waals surface area contributed by atoms with Crippen molar-refractivity contribution in [1.29, 1.82) is 0 Å². The molecule has 1 atom stereocenters. The molecule has 1 rings (SSSR count). The smallest absolute Gasteiger partial charge is 0.269 e. The fourth-order valence-corrected chi connectivity index (χ4v) is 1.25.